The van der Waals surface area contributed by atoms with E-state index < -0.39 is 23.0 Å². The largest absolute Gasteiger partial charge is 0.481 e. The Balaban J connectivity index is 2.50. The van der Waals surface area contributed by atoms with E-state index in [0.29, 0.717) is 5.56 Å². The van der Waals surface area contributed by atoms with E-state index in [4.69, 9.17) is 0 Å². The second kappa shape index (κ2) is 5.36. The van der Waals surface area contributed by atoms with Crippen LogP contribution in [0.15, 0.2) is 42.7 Å². The zero-order valence-corrected chi connectivity index (χ0v) is 10.8. The average Bonchev–Trinajstić information content (AvgIpc) is 2.42. The van der Waals surface area contributed by atoms with Crippen LogP contribution < -0.4 is 0 Å². The molecule has 104 valence electrons. The molecule has 0 spiro atoms. The third-order valence-electron chi connectivity index (χ3n) is 3.30. The summed E-state index contributed by atoms with van der Waals surface area (Å²) in [6.07, 6.45) is 3.10. The van der Waals surface area contributed by atoms with E-state index in [1.54, 1.807) is 18.3 Å². The van der Waals surface area contributed by atoms with Gasteiger partial charge in [0.15, 0.2) is 11.6 Å². The van der Waals surface area contributed by atoms with Crippen molar-refractivity contribution >= 4 is 5.97 Å². The summed E-state index contributed by atoms with van der Waals surface area (Å²) in [5.41, 5.74) is -1.09. The molecule has 0 bridgehead atoms. The minimum Gasteiger partial charge on any atom is -0.481 e. The fourth-order valence-corrected chi connectivity index (χ4v) is 2.13. The monoisotopic (exact) mass is 277 g/mol. The number of hydrogen-bond donors (Lipinski definition) is 1. The first-order valence-corrected chi connectivity index (χ1v) is 6.02. The van der Waals surface area contributed by atoms with Gasteiger partial charge in [0.1, 0.15) is 0 Å². The van der Waals surface area contributed by atoms with E-state index in [0.717, 1.165) is 6.07 Å². The normalized spacial score (nSPS) is 13.8. The highest BCUT2D eigenvalue weighted by Crippen LogP contribution is 2.31. The van der Waals surface area contributed by atoms with E-state index in [2.05, 4.69) is 4.98 Å². The van der Waals surface area contributed by atoms with Crippen LogP contribution in [-0.4, -0.2) is 16.1 Å². The Morgan fingerprint density at radius 1 is 1.30 bits per heavy atom. The van der Waals surface area contributed by atoms with Gasteiger partial charge in [-0.15, -0.1) is 0 Å². The number of nitrogens with zero attached hydrogens (tertiary/aromatic N) is 1. The molecule has 0 radical (unpaired) electrons. The molecule has 0 aliphatic heterocycles. The number of aromatic nitrogens is 1. The van der Waals surface area contributed by atoms with Crippen LogP contribution in [0.3, 0.4) is 0 Å². The molecule has 0 saturated carbocycles. The van der Waals surface area contributed by atoms with Crippen molar-refractivity contribution in [3.63, 3.8) is 0 Å². The number of halogens is 2. The summed E-state index contributed by atoms with van der Waals surface area (Å²) < 4.78 is 27.2. The van der Waals surface area contributed by atoms with Gasteiger partial charge in [-0.05, 0) is 31.0 Å². The number of carboxylic acid groups (broad SMARTS) is 1. The fourth-order valence-electron chi connectivity index (χ4n) is 2.13. The lowest BCUT2D eigenvalue weighted by Crippen LogP contribution is -2.36. The molecule has 1 heterocycles. The van der Waals surface area contributed by atoms with E-state index in [1.807, 2.05) is 0 Å². The van der Waals surface area contributed by atoms with Gasteiger partial charge < -0.3 is 5.11 Å². The van der Waals surface area contributed by atoms with Crippen LogP contribution in [0.2, 0.25) is 0 Å². The maximum atomic E-state index is 13.9. The van der Waals surface area contributed by atoms with Crippen LogP contribution in [0.1, 0.15) is 18.1 Å². The Bertz CT molecular complexity index is 631. The van der Waals surface area contributed by atoms with Crippen LogP contribution in [0.4, 0.5) is 8.78 Å². The predicted octanol–water partition coefficient (Wildman–Crippen LogP) is 2.94. The lowest BCUT2D eigenvalue weighted by Gasteiger charge is -2.26. The molecule has 1 N–H and O–H groups in total. The predicted molar refractivity (Wildman–Crippen MR) is 69.3 cm³/mol. The quantitative estimate of drug-likeness (QED) is 0.934. The van der Waals surface area contributed by atoms with Crippen molar-refractivity contribution in [2.45, 2.75) is 18.8 Å². The molecule has 1 atom stereocenters. The van der Waals surface area contributed by atoms with Gasteiger partial charge in [0.05, 0.1) is 5.41 Å². The highest BCUT2D eigenvalue weighted by molar-refractivity contribution is 5.81. The molecule has 0 amide bonds. The van der Waals surface area contributed by atoms with Crippen molar-refractivity contribution in [1.82, 2.24) is 4.98 Å². The smallest absolute Gasteiger partial charge is 0.314 e. The lowest BCUT2D eigenvalue weighted by atomic mass is 9.77. The second-order valence-corrected chi connectivity index (χ2v) is 4.78. The first-order chi connectivity index (χ1) is 9.45. The SMILES string of the molecule is CC(Cc1cccnc1)(C(=O)O)c1cccc(F)c1F. The Kier molecular flexibility index (Phi) is 3.79. The molecule has 5 heteroatoms. The molecule has 0 fully saturated rings. The molecule has 3 nitrogen and oxygen atoms in total. The van der Waals surface area contributed by atoms with Gasteiger partial charge in [-0.3, -0.25) is 9.78 Å². The number of carboxylic acids is 1. The lowest BCUT2D eigenvalue weighted by molar-refractivity contribution is -0.143. The maximum absolute atomic E-state index is 13.9. The topological polar surface area (TPSA) is 50.2 Å². The molecule has 2 rings (SSSR count). The number of hydrogen-bond acceptors (Lipinski definition) is 2. The summed E-state index contributed by atoms with van der Waals surface area (Å²) >= 11 is 0. The summed E-state index contributed by atoms with van der Waals surface area (Å²) in [6, 6.07) is 6.93. The number of pyridine rings is 1. The molecule has 0 saturated heterocycles. The summed E-state index contributed by atoms with van der Waals surface area (Å²) in [7, 11) is 0. The van der Waals surface area contributed by atoms with Gasteiger partial charge in [-0.25, -0.2) is 8.78 Å². The highest BCUT2D eigenvalue weighted by atomic mass is 19.2. The van der Waals surface area contributed by atoms with Crippen LogP contribution in [0.5, 0.6) is 0 Å². The molecule has 2 aromatic rings. The fraction of sp³-hybridized carbons (Fsp3) is 0.200. The van der Waals surface area contributed by atoms with Gasteiger partial charge in [-0.2, -0.15) is 0 Å². The van der Waals surface area contributed by atoms with Crippen molar-refractivity contribution < 1.29 is 18.7 Å². The molecular formula is C15H13F2NO2. The van der Waals surface area contributed by atoms with E-state index in [9.17, 15) is 18.7 Å². The van der Waals surface area contributed by atoms with Crippen molar-refractivity contribution in [2.75, 3.05) is 0 Å². The third kappa shape index (κ3) is 2.52. The standard InChI is InChI=1S/C15H13F2NO2/c1-15(14(19)20,8-10-4-3-7-18-9-10)11-5-2-6-12(16)13(11)17/h2-7,9H,8H2,1H3,(H,19,20). The van der Waals surface area contributed by atoms with Crippen molar-refractivity contribution in [1.29, 1.82) is 0 Å². The maximum Gasteiger partial charge on any atom is 0.314 e. The molecule has 1 aromatic carbocycles. The van der Waals surface area contributed by atoms with Crippen LogP contribution in [0.25, 0.3) is 0 Å². The van der Waals surface area contributed by atoms with Crippen molar-refractivity contribution in [2.24, 2.45) is 0 Å². The first-order valence-electron chi connectivity index (χ1n) is 6.02. The molecular weight excluding hydrogens is 264 g/mol. The van der Waals surface area contributed by atoms with Crippen LogP contribution >= 0.6 is 0 Å². The Morgan fingerprint density at radius 2 is 2.05 bits per heavy atom. The number of rotatable bonds is 4. The summed E-state index contributed by atoms with van der Waals surface area (Å²) in [6.45, 7) is 1.38. The highest BCUT2D eigenvalue weighted by Gasteiger charge is 2.38. The molecule has 1 unspecified atom stereocenters. The molecule has 0 aliphatic carbocycles. The van der Waals surface area contributed by atoms with Gasteiger partial charge >= 0.3 is 5.97 Å². The zero-order valence-electron chi connectivity index (χ0n) is 10.8. The van der Waals surface area contributed by atoms with Crippen LogP contribution in [-0.2, 0) is 16.6 Å². The molecule has 20 heavy (non-hydrogen) atoms. The Labute approximate surface area is 114 Å². The van der Waals surface area contributed by atoms with Crippen molar-refractivity contribution in [3.05, 3.63) is 65.5 Å². The van der Waals surface area contributed by atoms with E-state index >= 15 is 0 Å². The summed E-state index contributed by atoms with van der Waals surface area (Å²) in [4.78, 5) is 15.5. The Morgan fingerprint density at radius 3 is 2.65 bits per heavy atom. The minimum atomic E-state index is -1.56. The molecule has 0 aliphatic rings. The van der Waals surface area contributed by atoms with Gasteiger partial charge in [0.2, 0.25) is 0 Å². The zero-order chi connectivity index (χ0) is 14.8. The van der Waals surface area contributed by atoms with Crippen molar-refractivity contribution in [3.8, 4) is 0 Å². The minimum absolute atomic E-state index is 0.0244. The van der Waals surface area contributed by atoms with Gasteiger partial charge in [-0.1, -0.05) is 18.2 Å². The Hall–Kier alpha value is -2.30. The van der Waals surface area contributed by atoms with Crippen LogP contribution in [0, 0.1) is 11.6 Å². The van der Waals surface area contributed by atoms with E-state index in [-0.39, 0.29) is 12.0 Å². The van der Waals surface area contributed by atoms with Gasteiger partial charge in [0.25, 0.3) is 0 Å². The summed E-state index contributed by atoms with van der Waals surface area (Å²) in [5, 5.41) is 9.45. The molecule has 1 aromatic heterocycles. The summed E-state index contributed by atoms with van der Waals surface area (Å²) in [5.74, 6) is -3.40. The van der Waals surface area contributed by atoms with Gasteiger partial charge in [0, 0.05) is 18.0 Å². The second-order valence-electron chi connectivity index (χ2n) is 4.78. The number of carbonyl (C=O) groups is 1. The third-order valence-corrected chi connectivity index (χ3v) is 3.30. The first kappa shape index (κ1) is 14.1. The number of benzene rings is 1. The number of aliphatic carboxylic acids is 1. The average molecular weight is 277 g/mol. The van der Waals surface area contributed by atoms with E-state index in [1.165, 1.54) is 25.3 Å².